The lowest BCUT2D eigenvalue weighted by Gasteiger charge is -2.20. The molecule has 0 aliphatic heterocycles. The largest absolute Gasteiger partial charge is 0.383 e. The minimum absolute atomic E-state index is 0.305. The normalized spacial score (nSPS) is 13.5. The minimum Gasteiger partial charge on any atom is -0.383 e. The van der Waals surface area contributed by atoms with Gasteiger partial charge in [-0.2, -0.15) is 0 Å². The summed E-state index contributed by atoms with van der Waals surface area (Å²) in [5.74, 6) is 0. The Morgan fingerprint density at radius 1 is 1.29 bits per heavy atom. The Balaban J connectivity index is 3.22. The molecule has 0 rings (SSSR count). The zero-order chi connectivity index (χ0) is 10.8. The summed E-state index contributed by atoms with van der Waals surface area (Å²) in [6.07, 6.45) is 0.305. The number of hydrogen-bond donors (Lipinski definition) is 1. The zero-order valence-corrected chi connectivity index (χ0v) is 9.88. The molecule has 4 heteroatoms. The Morgan fingerprint density at radius 3 is 2.57 bits per heavy atom. The number of hydrogen-bond acceptors (Lipinski definition) is 4. The lowest BCUT2D eigenvalue weighted by Crippen LogP contribution is -2.35. The summed E-state index contributed by atoms with van der Waals surface area (Å²) >= 11 is 0. The van der Waals surface area contributed by atoms with Crippen LogP contribution in [0.2, 0.25) is 0 Å². The molecule has 0 spiro atoms. The van der Waals surface area contributed by atoms with Gasteiger partial charge in [0.25, 0.3) is 0 Å². The van der Waals surface area contributed by atoms with Gasteiger partial charge in [-0.15, -0.1) is 0 Å². The van der Waals surface area contributed by atoms with Crippen molar-refractivity contribution in [3.63, 3.8) is 0 Å². The van der Waals surface area contributed by atoms with Crippen LogP contribution >= 0.6 is 0 Å². The predicted octanol–water partition coefficient (Wildman–Crippen LogP) is 0.189. The Morgan fingerprint density at radius 2 is 2.00 bits per heavy atom. The second kappa shape index (κ2) is 9.40. The third-order valence-electron chi connectivity index (χ3n) is 2.12. The number of methoxy groups -OCH3 is 2. The molecule has 4 nitrogen and oxygen atoms in total. The molecule has 86 valence electrons. The van der Waals surface area contributed by atoms with Crippen LogP contribution in [-0.4, -0.2) is 65.1 Å². The van der Waals surface area contributed by atoms with E-state index in [-0.39, 0.29) is 0 Å². The summed E-state index contributed by atoms with van der Waals surface area (Å²) in [5.41, 5.74) is 0. The van der Waals surface area contributed by atoms with Crippen LogP contribution in [0.1, 0.15) is 6.92 Å². The summed E-state index contributed by atoms with van der Waals surface area (Å²) < 4.78 is 10.1. The van der Waals surface area contributed by atoms with Crippen molar-refractivity contribution < 1.29 is 9.47 Å². The van der Waals surface area contributed by atoms with E-state index in [1.54, 1.807) is 14.2 Å². The molecule has 14 heavy (non-hydrogen) atoms. The van der Waals surface area contributed by atoms with Gasteiger partial charge < -0.3 is 19.7 Å². The number of likely N-dealkylation sites (N-methyl/N-ethyl adjacent to an activating group) is 1. The molecule has 0 bridgehead atoms. The molecule has 0 heterocycles. The smallest absolute Gasteiger partial charge is 0.0670 e. The van der Waals surface area contributed by atoms with E-state index in [0.29, 0.717) is 6.10 Å². The summed E-state index contributed by atoms with van der Waals surface area (Å²) in [7, 11) is 5.57. The van der Waals surface area contributed by atoms with Crippen molar-refractivity contribution >= 4 is 0 Å². The fourth-order valence-corrected chi connectivity index (χ4v) is 1.17. The van der Waals surface area contributed by atoms with Crippen molar-refractivity contribution in [2.24, 2.45) is 0 Å². The molecule has 0 fully saturated rings. The van der Waals surface area contributed by atoms with Crippen LogP contribution in [0, 0.1) is 0 Å². The highest BCUT2D eigenvalue weighted by Crippen LogP contribution is 1.90. The molecule has 0 aromatic heterocycles. The molecule has 1 unspecified atom stereocenters. The number of rotatable bonds is 9. The fraction of sp³-hybridized carbons (Fsp3) is 1.00. The van der Waals surface area contributed by atoms with Crippen LogP contribution in [-0.2, 0) is 9.47 Å². The van der Waals surface area contributed by atoms with Crippen LogP contribution in [0.3, 0.4) is 0 Å². The van der Waals surface area contributed by atoms with E-state index in [1.165, 1.54) is 0 Å². The van der Waals surface area contributed by atoms with Gasteiger partial charge in [0.15, 0.2) is 0 Å². The lowest BCUT2D eigenvalue weighted by molar-refractivity contribution is 0.0858. The zero-order valence-electron chi connectivity index (χ0n) is 9.88. The van der Waals surface area contributed by atoms with Crippen molar-refractivity contribution in [2.75, 3.05) is 54.1 Å². The maximum Gasteiger partial charge on any atom is 0.0670 e. The molecular formula is C10H24N2O2. The third-order valence-corrected chi connectivity index (χ3v) is 2.12. The van der Waals surface area contributed by atoms with E-state index in [1.807, 2.05) is 0 Å². The average molecular weight is 204 g/mol. The molecule has 0 saturated heterocycles. The van der Waals surface area contributed by atoms with E-state index < -0.39 is 0 Å². The number of ether oxygens (including phenoxy) is 2. The first-order valence-electron chi connectivity index (χ1n) is 5.11. The van der Waals surface area contributed by atoms with Gasteiger partial charge in [-0.25, -0.2) is 0 Å². The SMILES string of the molecule is COCCNCCN(C)CC(C)OC. The fourth-order valence-electron chi connectivity index (χ4n) is 1.17. The van der Waals surface area contributed by atoms with E-state index >= 15 is 0 Å². The van der Waals surface area contributed by atoms with Crippen LogP contribution in [0.15, 0.2) is 0 Å². The van der Waals surface area contributed by atoms with Gasteiger partial charge in [0.1, 0.15) is 0 Å². The van der Waals surface area contributed by atoms with Gasteiger partial charge in [0.05, 0.1) is 12.7 Å². The average Bonchev–Trinajstić information content (AvgIpc) is 2.17. The Labute approximate surface area is 87.6 Å². The van der Waals surface area contributed by atoms with Gasteiger partial charge in [-0.1, -0.05) is 0 Å². The highest BCUT2D eigenvalue weighted by atomic mass is 16.5. The van der Waals surface area contributed by atoms with Crippen molar-refractivity contribution in [3.05, 3.63) is 0 Å². The van der Waals surface area contributed by atoms with Crippen LogP contribution in [0.5, 0.6) is 0 Å². The first-order valence-corrected chi connectivity index (χ1v) is 5.11. The van der Waals surface area contributed by atoms with Gasteiger partial charge in [0, 0.05) is 40.4 Å². The van der Waals surface area contributed by atoms with E-state index in [4.69, 9.17) is 9.47 Å². The molecule has 0 aromatic carbocycles. The van der Waals surface area contributed by atoms with Crippen LogP contribution < -0.4 is 5.32 Å². The van der Waals surface area contributed by atoms with E-state index in [9.17, 15) is 0 Å². The quantitative estimate of drug-likeness (QED) is 0.544. The Kier molecular flexibility index (Phi) is 9.29. The minimum atomic E-state index is 0.305. The molecular weight excluding hydrogens is 180 g/mol. The number of nitrogens with one attached hydrogen (secondary N) is 1. The van der Waals surface area contributed by atoms with Crippen molar-refractivity contribution in [2.45, 2.75) is 13.0 Å². The standard InChI is InChI=1S/C10H24N2O2/c1-10(14-4)9-12(2)7-5-11-6-8-13-3/h10-11H,5-9H2,1-4H3. The molecule has 1 N–H and O–H groups in total. The van der Waals surface area contributed by atoms with Gasteiger partial charge in [0.2, 0.25) is 0 Å². The topological polar surface area (TPSA) is 33.7 Å². The molecule has 0 amide bonds. The second-order valence-electron chi connectivity index (χ2n) is 3.55. The molecule has 0 aliphatic carbocycles. The van der Waals surface area contributed by atoms with E-state index in [2.05, 4.69) is 24.2 Å². The summed E-state index contributed by atoms with van der Waals surface area (Å²) in [5, 5.41) is 3.30. The Bertz CT molecular complexity index is 123. The lowest BCUT2D eigenvalue weighted by atomic mass is 10.3. The monoisotopic (exact) mass is 204 g/mol. The molecule has 0 saturated carbocycles. The molecule has 0 radical (unpaired) electrons. The summed E-state index contributed by atoms with van der Waals surface area (Å²) in [4.78, 5) is 2.26. The predicted molar refractivity (Wildman–Crippen MR) is 58.7 cm³/mol. The third kappa shape index (κ3) is 8.44. The Hall–Kier alpha value is -0.160. The van der Waals surface area contributed by atoms with Crippen molar-refractivity contribution in [3.8, 4) is 0 Å². The van der Waals surface area contributed by atoms with Crippen molar-refractivity contribution in [1.82, 2.24) is 10.2 Å². The second-order valence-corrected chi connectivity index (χ2v) is 3.55. The van der Waals surface area contributed by atoms with Crippen LogP contribution in [0.25, 0.3) is 0 Å². The maximum absolute atomic E-state index is 5.18. The van der Waals surface area contributed by atoms with Gasteiger partial charge >= 0.3 is 0 Å². The van der Waals surface area contributed by atoms with Gasteiger partial charge in [-0.3, -0.25) is 0 Å². The maximum atomic E-state index is 5.18. The summed E-state index contributed by atoms with van der Waals surface area (Å²) in [6.45, 7) is 6.79. The summed E-state index contributed by atoms with van der Waals surface area (Å²) in [6, 6.07) is 0. The van der Waals surface area contributed by atoms with Crippen molar-refractivity contribution in [1.29, 1.82) is 0 Å². The van der Waals surface area contributed by atoms with E-state index in [0.717, 1.165) is 32.8 Å². The first-order chi connectivity index (χ1) is 6.70. The molecule has 1 atom stereocenters. The van der Waals surface area contributed by atoms with Crippen LogP contribution in [0.4, 0.5) is 0 Å². The highest BCUT2D eigenvalue weighted by Gasteiger charge is 2.03. The molecule has 0 aromatic rings. The molecule has 0 aliphatic rings. The first kappa shape index (κ1) is 13.8. The number of nitrogens with zero attached hydrogens (tertiary/aromatic N) is 1. The van der Waals surface area contributed by atoms with Gasteiger partial charge in [-0.05, 0) is 14.0 Å². The highest BCUT2D eigenvalue weighted by molar-refractivity contribution is 4.59.